The topological polar surface area (TPSA) is 67.2 Å². The molecule has 2 N–H and O–H groups in total. The van der Waals surface area contributed by atoms with Crippen molar-refractivity contribution in [3.63, 3.8) is 0 Å². The second kappa shape index (κ2) is 6.06. The molecule has 3 rings (SSSR count). The van der Waals surface area contributed by atoms with Gasteiger partial charge in [-0.3, -0.25) is 0 Å². The Morgan fingerprint density at radius 3 is 2.79 bits per heavy atom. The lowest BCUT2D eigenvalue weighted by Crippen LogP contribution is -2.49. The van der Waals surface area contributed by atoms with Gasteiger partial charge in [-0.05, 0) is 64.2 Å². The van der Waals surface area contributed by atoms with E-state index in [1.807, 2.05) is 6.07 Å². The van der Waals surface area contributed by atoms with Crippen molar-refractivity contribution < 1.29 is 9.90 Å². The Morgan fingerprint density at radius 2 is 2.17 bits per heavy atom. The molecule has 2 heterocycles. The van der Waals surface area contributed by atoms with E-state index in [9.17, 15) is 9.90 Å². The van der Waals surface area contributed by atoms with Gasteiger partial charge in [0.1, 0.15) is 10.3 Å². The molecule has 1 aliphatic rings. The first-order chi connectivity index (χ1) is 11.2. The lowest BCUT2D eigenvalue weighted by Gasteiger charge is -2.39. The summed E-state index contributed by atoms with van der Waals surface area (Å²) >= 11 is 3.45. The van der Waals surface area contributed by atoms with Crippen LogP contribution < -0.4 is 5.32 Å². The van der Waals surface area contributed by atoms with E-state index in [-0.39, 0.29) is 11.5 Å². The summed E-state index contributed by atoms with van der Waals surface area (Å²) in [4.78, 5) is 15.9. The quantitative estimate of drug-likeness (QED) is 0.753. The van der Waals surface area contributed by atoms with Crippen LogP contribution in [0.3, 0.4) is 0 Å². The number of amides is 1. The average molecular weight is 394 g/mol. The minimum absolute atomic E-state index is 0.0678. The van der Waals surface area contributed by atoms with Crippen LogP contribution in [0.5, 0.6) is 0 Å². The molecular weight excluding hydrogens is 370 g/mol. The number of fused-ring (bicyclic) bond motifs is 3. The molecule has 130 valence electrons. The summed E-state index contributed by atoms with van der Waals surface area (Å²) in [6.45, 7) is 6.31. The number of hydrogen-bond donors (Lipinski definition) is 2. The SMILES string of the molecule is Cn1c2c(c3ccc(Br)nc31)CC(C(NC(=O)O)C(C)(C)C)CC2. The molecule has 5 nitrogen and oxygen atoms in total. The highest BCUT2D eigenvalue weighted by atomic mass is 79.9. The van der Waals surface area contributed by atoms with E-state index < -0.39 is 6.09 Å². The van der Waals surface area contributed by atoms with Crippen LogP contribution in [0.1, 0.15) is 38.4 Å². The molecule has 0 fully saturated rings. The van der Waals surface area contributed by atoms with Gasteiger partial charge in [0.15, 0.2) is 0 Å². The molecule has 0 saturated heterocycles. The van der Waals surface area contributed by atoms with Crippen LogP contribution >= 0.6 is 15.9 Å². The predicted octanol–water partition coefficient (Wildman–Crippen LogP) is 4.12. The minimum atomic E-state index is -0.941. The highest BCUT2D eigenvalue weighted by molar-refractivity contribution is 9.10. The lowest BCUT2D eigenvalue weighted by molar-refractivity contribution is 0.146. The molecule has 1 amide bonds. The number of halogens is 1. The summed E-state index contributed by atoms with van der Waals surface area (Å²) < 4.78 is 3.02. The minimum Gasteiger partial charge on any atom is -0.465 e. The Balaban J connectivity index is 2.00. The van der Waals surface area contributed by atoms with Gasteiger partial charge in [0.25, 0.3) is 0 Å². The number of nitrogens with one attached hydrogen (secondary N) is 1. The van der Waals surface area contributed by atoms with E-state index in [1.54, 1.807) is 0 Å². The van der Waals surface area contributed by atoms with E-state index >= 15 is 0 Å². The van der Waals surface area contributed by atoms with E-state index in [0.717, 1.165) is 29.5 Å². The molecule has 6 heteroatoms. The van der Waals surface area contributed by atoms with Crippen LogP contribution in [0.4, 0.5) is 4.79 Å². The van der Waals surface area contributed by atoms with Gasteiger partial charge in [0, 0.05) is 24.2 Å². The molecule has 0 bridgehead atoms. The number of carboxylic acid groups (broad SMARTS) is 1. The van der Waals surface area contributed by atoms with Crippen molar-refractivity contribution in [1.82, 2.24) is 14.9 Å². The predicted molar refractivity (Wildman–Crippen MR) is 98.3 cm³/mol. The number of rotatable bonds is 2. The van der Waals surface area contributed by atoms with Gasteiger partial charge in [-0.1, -0.05) is 20.8 Å². The van der Waals surface area contributed by atoms with Crippen molar-refractivity contribution in [2.45, 2.75) is 46.1 Å². The third-order valence-corrected chi connectivity index (χ3v) is 5.58. The van der Waals surface area contributed by atoms with Gasteiger partial charge in [-0.15, -0.1) is 0 Å². The largest absolute Gasteiger partial charge is 0.465 e. The Kier molecular flexibility index (Phi) is 4.36. The average Bonchev–Trinajstić information content (AvgIpc) is 2.76. The molecule has 0 aromatic carbocycles. The summed E-state index contributed by atoms with van der Waals surface area (Å²) in [7, 11) is 2.07. The van der Waals surface area contributed by atoms with Gasteiger partial charge >= 0.3 is 6.09 Å². The Bertz CT molecular complexity index is 792. The first kappa shape index (κ1) is 17.3. The standard InChI is InChI=1S/C18H24BrN3O2/c1-18(2,3)15(21-17(23)24)10-5-7-13-12(9-10)11-6-8-14(19)20-16(11)22(13)4/h6,8,10,15,21H,5,7,9H2,1-4H3,(H,23,24). The molecule has 2 atom stereocenters. The van der Waals surface area contributed by atoms with E-state index in [2.05, 4.69) is 64.7 Å². The van der Waals surface area contributed by atoms with Crippen LogP contribution in [0.15, 0.2) is 16.7 Å². The number of nitrogens with zero attached hydrogens (tertiary/aromatic N) is 2. The van der Waals surface area contributed by atoms with Crippen molar-refractivity contribution in [3.8, 4) is 0 Å². The molecule has 2 aromatic rings. The molecule has 2 unspecified atom stereocenters. The van der Waals surface area contributed by atoms with Crippen molar-refractivity contribution >= 4 is 33.1 Å². The highest BCUT2D eigenvalue weighted by Crippen LogP contribution is 2.38. The van der Waals surface area contributed by atoms with Crippen molar-refractivity contribution in [2.75, 3.05) is 0 Å². The number of pyridine rings is 1. The van der Waals surface area contributed by atoms with Crippen molar-refractivity contribution in [2.24, 2.45) is 18.4 Å². The number of aromatic nitrogens is 2. The number of aryl methyl sites for hydroxylation is 1. The van der Waals surface area contributed by atoms with Crippen LogP contribution in [0.25, 0.3) is 11.0 Å². The highest BCUT2D eigenvalue weighted by Gasteiger charge is 2.37. The van der Waals surface area contributed by atoms with E-state index in [0.29, 0.717) is 5.92 Å². The lowest BCUT2D eigenvalue weighted by atomic mass is 9.72. The van der Waals surface area contributed by atoms with Crippen LogP contribution in [-0.2, 0) is 19.9 Å². The fourth-order valence-electron chi connectivity index (χ4n) is 4.09. The first-order valence-corrected chi connectivity index (χ1v) is 9.10. The van der Waals surface area contributed by atoms with Gasteiger partial charge in [-0.25, -0.2) is 9.78 Å². The van der Waals surface area contributed by atoms with Crippen LogP contribution in [0, 0.1) is 11.3 Å². The maximum absolute atomic E-state index is 11.3. The third-order valence-electron chi connectivity index (χ3n) is 5.14. The summed E-state index contributed by atoms with van der Waals surface area (Å²) in [6, 6.07) is 4.02. The Labute approximate surface area is 150 Å². The Morgan fingerprint density at radius 1 is 1.46 bits per heavy atom. The molecular formula is C18H24BrN3O2. The normalized spacial score (nSPS) is 19.1. The molecule has 2 aromatic heterocycles. The molecule has 0 spiro atoms. The number of carbonyl (C=O) groups is 1. The van der Waals surface area contributed by atoms with Gasteiger partial charge < -0.3 is 15.0 Å². The van der Waals surface area contributed by atoms with Crippen LogP contribution in [-0.4, -0.2) is 26.8 Å². The zero-order chi connectivity index (χ0) is 17.6. The molecule has 0 radical (unpaired) electrons. The summed E-state index contributed by atoms with van der Waals surface area (Å²) in [6.07, 6.45) is 1.89. The zero-order valence-corrected chi connectivity index (χ0v) is 16.1. The fourth-order valence-corrected chi connectivity index (χ4v) is 4.39. The third kappa shape index (κ3) is 3.04. The second-order valence-electron chi connectivity index (χ2n) is 7.79. The molecule has 1 aliphatic carbocycles. The summed E-state index contributed by atoms with van der Waals surface area (Å²) in [5.74, 6) is 0.294. The van der Waals surface area contributed by atoms with Crippen molar-refractivity contribution in [1.29, 1.82) is 0 Å². The molecule has 0 aliphatic heterocycles. The van der Waals surface area contributed by atoms with Crippen molar-refractivity contribution in [3.05, 3.63) is 28.0 Å². The maximum Gasteiger partial charge on any atom is 0.404 e. The van der Waals surface area contributed by atoms with Gasteiger partial charge in [0.05, 0.1) is 0 Å². The maximum atomic E-state index is 11.3. The van der Waals surface area contributed by atoms with E-state index in [4.69, 9.17) is 0 Å². The van der Waals surface area contributed by atoms with Gasteiger partial charge in [0.2, 0.25) is 0 Å². The monoisotopic (exact) mass is 393 g/mol. The molecule has 0 saturated carbocycles. The smallest absolute Gasteiger partial charge is 0.404 e. The summed E-state index contributed by atoms with van der Waals surface area (Å²) in [5.41, 5.74) is 3.53. The Hall–Kier alpha value is -1.56. The second-order valence-corrected chi connectivity index (χ2v) is 8.60. The van der Waals surface area contributed by atoms with Gasteiger partial charge in [-0.2, -0.15) is 0 Å². The van der Waals surface area contributed by atoms with Crippen LogP contribution in [0.2, 0.25) is 0 Å². The summed E-state index contributed by atoms with van der Waals surface area (Å²) in [5, 5.41) is 13.2. The molecule has 24 heavy (non-hydrogen) atoms. The fraction of sp³-hybridized carbons (Fsp3) is 0.556. The zero-order valence-electron chi connectivity index (χ0n) is 14.6. The number of hydrogen-bond acceptors (Lipinski definition) is 2. The first-order valence-electron chi connectivity index (χ1n) is 8.30. The van der Waals surface area contributed by atoms with E-state index in [1.165, 1.54) is 16.6 Å².